The molecule has 0 aromatic heterocycles. The molecule has 0 atom stereocenters. The number of esters is 1. The Morgan fingerprint density at radius 2 is 2.05 bits per heavy atom. The number of nitrogens with one attached hydrogen (secondary N) is 1. The fourth-order valence-electron chi connectivity index (χ4n) is 2.60. The molecule has 19 heavy (non-hydrogen) atoms. The number of rotatable bonds is 3. The van der Waals surface area contributed by atoms with Gasteiger partial charge in [-0.2, -0.15) is 0 Å². The molecule has 1 aliphatic carbocycles. The van der Waals surface area contributed by atoms with Gasteiger partial charge in [0.25, 0.3) is 0 Å². The van der Waals surface area contributed by atoms with Crippen molar-refractivity contribution in [3.63, 3.8) is 0 Å². The van der Waals surface area contributed by atoms with E-state index in [-0.39, 0.29) is 5.97 Å². The summed E-state index contributed by atoms with van der Waals surface area (Å²) in [7, 11) is 1.45. The van der Waals surface area contributed by atoms with E-state index in [4.69, 9.17) is 4.74 Å². The topological polar surface area (TPSA) is 38.3 Å². The van der Waals surface area contributed by atoms with Gasteiger partial charge >= 0.3 is 5.97 Å². The average Bonchev–Trinajstić information content (AvgIpc) is 2.73. The third-order valence-corrected chi connectivity index (χ3v) is 3.62. The molecule has 1 fully saturated rings. The third-order valence-electron chi connectivity index (χ3n) is 3.62. The van der Waals surface area contributed by atoms with Gasteiger partial charge in [-0.1, -0.05) is 31.4 Å². The number of ether oxygens (including phenoxy) is 1. The van der Waals surface area contributed by atoms with Gasteiger partial charge in [-0.15, -0.1) is 0 Å². The van der Waals surface area contributed by atoms with Crippen molar-refractivity contribution in [2.45, 2.75) is 32.1 Å². The van der Waals surface area contributed by atoms with Crippen molar-refractivity contribution >= 4 is 5.97 Å². The molecule has 0 spiro atoms. The highest BCUT2D eigenvalue weighted by Gasteiger charge is 2.23. The smallest absolute Gasteiger partial charge is 0.334 e. The average molecular weight is 259 g/mol. The molecule has 102 valence electrons. The van der Waals surface area contributed by atoms with Gasteiger partial charge in [0.2, 0.25) is 0 Å². The highest BCUT2D eigenvalue weighted by molar-refractivity contribution is 5.89. The highest BCUT2D eigenvalue weighted by Crippen LogP contribution is 2.30. The van der Waals surface area contributed by atoms with Crippen LogP contribution in [0.1, 0.15) is 32.1 Å². The number of allylic oxidation sites excluding steroid dienone is 5. The summed E-state index contributed by atoms with van der Waals surface area (Å²) < 4.78 is 4.94. The van der Waals surface area contributed by atoms with E-state index in [2.05, 4.69) is 5.32 Å². The van der Waals surface area contributed by atoms with Crippen molar-refractivity contribution in [1.82, 2.24) is 5.32 Å². The van der Waals surface area contributed by atoms with E-state index in [0.717, 1.165) is 24.1 Å². The number of hydrogen-bond acceptors (Lipinski definition) is 3. The third kappa shape index (κ3) is 3.85. The minimum absolute atomic E-state index is 0.202. The molecule has 1 aliphatic heterocycles. The molecule has 0 radical (unpaired) electrons. The molecule has 1 saturated carbocycles. The molecule has 0 unspecified atom stereocenters. The maximum atomic E-state index is 12.0. The Bertz CT molecular complexity index is 438. The first-order valence-electron chi connectivity index (χ1n) is 6.91. The number of carbonyl (C=O) groups is 1. The summed E-state index contributed by atoms with van der Waals surface area (Å²) in [6.45, 7) is 0. The van der Waals surface area contributed by atoms with Gasteiger partial charge in [-0.25, -0.2) is 4.79 Å². The molecule has 1 heterocycles. The Morgan fingerprint density at radius 1 is 1.26 bits per heavy atom. The summed E-state index contributed by atoms with van der Waals surface area (Å²) in [4.78, 5) is 12.0. The lowest BCUT2D eigenvalue weighted by Gasteiger charge is -2.23. The second-order valence-electron chi connectivity index (χ2n) is 4.94. The molecule has 0 aromatic rings. The van der Waals surface area contributed by atoms with E-state index in [9.17, 15) is 4.79 Å². The summed E-state index contributed by atoms with van der Waals surface area (Å²) in [5.41, 5.74) is 1.72. The molecule has 2 rings (SSSR count). The molecule has 0 amide bonds. The molecule has 3 heteroatoms. The van der Waals surface area contributed by atoms with Crippen LogP contribution in [0, 0.1) is 5.92 Å². The zero-order valence-corrected chi connectivity index (χ0v) is 11.4. The van der Waals surface area contributed by atoms with Crippen LogP contribution in [0.2, 0.25) is 0 Å². The molecule has 2 aliphatic rings. The second kappa shape index (κ2) is 6.98. The van der Waals surface area contributed by atoms with Crippen molar-refractivity contribution < 1.29 is 9.53 Å². The second-order valence-corrected chi connectivity index (χ2v) is 4.94. The summed E-state index contributed by atoms with van der Waals surface area (Å²) in [6, 6.07) is 0. The maximum Gasteiger partial charge on any atom is 0.334 e. The predicted molar refractivity (Wildman–Crippen MR) is 76.2 cm³/mol. The van der Waals surface area contributed by atoms with Gasteiger partial charge in [-0.05, 0) is 37.0 Å². The SMILES string of the molecule is COC(=O)C(=CC1=CC=CC=CN1)C1CCCCC1. The van der Waals surface area contributed by atoms with Crippen LogP contribution in [0.15, 0.2) is 47.9 Å². The first kappa shape index (κ1) is 13.7. The Balaban J connectivity index is 2.21. The molecule has 0 saturated heterocycles. The normalized spacial score (nSPS) is 20.5. The monoisotopic (exact) mass is 259 g/mol. The van der Waals surface area contributed by atoms with Crippen LogP contribution in [-0.4, -0.2) is 13.1 Å². The van der Waals surface area contributed by atoms with Gasteiger partial charge in [0.1, 0.15) is 0 Å². The van der Waals surface area contributed by atoms with E-state index in [1.54, 1.807) is 0 Å². The number of methoxy groups -OCH3 is 1. The lowest BCUT2D eigenvalue weighted by Crippen LogP contribution is -2.18. The summed E-state index contributed by atoms with van der Waals surface area (Å²) in [5.74, 6) is 0.131. The zero-order chi connectivity index (χ0) is 13.5. The number of carbonyl (C=O) groups excluding carboxylic acids is 1. The van der Waals surface area contributed by atoms with Crippen LogP contribution in [0.3, 0.4) is 0 Å². The van der Waals surface area contributed by atoms with Crippen molar-refractivity contribution in [3.05, 3.63) is 47.9 Å². The van der Waals surface area contributed by atoms with E-state index in [1.807, 2.05) is 36.6 Å². The molecular formula is C16H21NO2. The Kier molecular flexibility index (Phi) is 5.01. The van der Waals surface area contributed by atoms with Gasteiger partial charge in [-0.3, -0.25) is 0 Å². The van der Waals surface area contributed by atoms with Crippen LogP contribution < -0.4 is 5.32 Å². The van der Waals surface area contributed by atoms with E-state index in [1.165, 1.54) is 26.4 Å². The highest BCUT2D eigenvalue weighted by atomic mass is 16.5. The maximum absolute atomic E-state index is 12.0. The Labute approximate surface area is 114 Å². The molecule has 3 nitrogen and oxygen atoms in total. The molecule has 0 bridgehead atoms. The molecule has 0 aromatic carbocycles. The van der Waals surface area contributed by atoms with Crippen LogP contribution in [0.4, 0.5) is 0 Å². The summed E-state index contributed by atoms with van der Waals surface area (Å²) in [6.07, 6.45) is 17.4. The minimum Gasteiger partial charge on any atom is -0.466 e. The first-order valence-corrected chi connectivity index (χ1v) is 6.91. The van der Waals surface area contributed by atoms with Gasteiger partial charge in [0.05, 0.1) is 7.11 Å². The Hall–Kier alpha value is -1.77. The van der Waals surface area contributed by atoms with Gasteiger partial charge < -0.3 is 10.1 Å². The van der Waals surface area contributed by atoms with Gasteiger partial charge in [0, 0.05) is 17.5 Å². The van der Waals surface area contributed by atoms with Crippen LogP contribution in [-0.2, 0) is 9.53 Å². The minimum atomic E-state index is -0.202. The van der Waals surface area contributed by atoms with E-state index >= 15 is 0 Å². The number of hydrogen-bond donors (Lipinski definition) is 1. The fraction of sp³-hybridized carbons (Fsp3) is 0.438. The van der Waals surface area contributed by atoms with Crippen LogP contribution in [0.5, 0.6) is 0 Å². The van der Waals surface area contributed by atoms with Crippen molar-refractivity contribution in [1.29, 1.82) is 0 Å². The van der Waals surface area contributed by atoms with Crippen LogP contribution >= 0.6 is 0 Å². The standard InChI is InChI=1S/C16H21NO2/c1-19-16(18)15(13-8-4-2-5-9-13)12-14-10-6-3-7-11-17-14/h3,6-7,10-13,17H,2,4-5,8-9H2,1H3. The zero-order valence-electron chi connectivity index (χ0n) is 11.4. The summed E-state index contributed by atoms with van der Waals surface area (Å²) >= 11 is 0. The largest absolute Gasteiger partial charge is 0.466 e. The quantitative estimate of drug-likeness (QED) is 0.624. The van der Waals surface area contributed by atoms with Crippen LogP contribution in [0.25, 0.3) is 0 Å². The molecule has 1 N–H and O–H groups in total. The Morgan fingerprint density at radius 3 is 2.79 bits per heavy atom. The van der Waals surface area contributed by atoms with Crippen molar-refractivity contribution in [3.8, 4) is 0 Å². The summed E-state index contributed by atoms with van der Waals surface area (Å²) in [5, 5.41) is 3.16. The predicted octanol–water partition coefficient (Wildman–Crippen LogP) is 3.22. The molecular weight excluding hydrogens is 238 g/mol. The van der Waals surface area contributed by atoms with E-state index in [0.29, 0.717) is 5.92 Å². The lowest BCUT2D eigenvalue weighted by atomic mass is 9.83. The fourth-order valence-corrected chi connectivity index (χ4v) is 2.60. The lowest BCUT2D eigenvalue weighted by molar-refractivity contribution is -0.136. The van der Waals surface area contributed by atoms with E-state index < -0.39 is 0 Å². The van der Waals surface area contributed by atoms with Crippen molar-refractivity contribution in [2.75, 3.05) is 7.11 Å². The van der Waals surface area contributed by atoms with Gasteiger partial charge in [0.15, 0.2) is 0 Å². The first-order chi connectivity index (χ1) is 9.31. The van der Waals surface area contributed by atoms with Crippen molar-refractivity contribution in [2.24, 2.45) is 5.92 Å².